The van der Waals surface area contributed by atoms with E-state index in [1.165, 1.54) is 11.8 Å². The summed E-state index contributed by atoms with van der Waals surface area (Å²) in [5.74, 6) is 1.93. The zero-order chi connectivity index (χ0) is 12.8. The third-order valence-electron chi connectivity index (χ3n) is 2.25. The van der Waals surface area contributed by atoms with E-state index in [0.717, 1.165) is 11.4 Å². The van der Waals surface area contributed by atoms with E-state index >= 15 is 0 Å². The van der Waals surface area contributed by atoms with Crippen LogP contribution in [-0.2, 0) is 10.5 Å². The zero-order valence-corrected chi connectivity index (χ0v) is 10.6. The van der Waals surface area contributed by atoms with E-state index in [-0.39, 0.29) is 5.91 Å². The van der Waals surface area contributed by atoms with Crippen molar-refractivity contribution >= 4 is 29.0 Å². The van der Waals surface area contributed by atoms with Crippen LogP contribution in [0.5, 0.6) is 0 Å². The zero-order valence-electron chi connectivity index (χ0n) is 9.76. The molecule has 0 saturated heterocycles. The van der Waals surface area contributed by atoms with Crippen molar-refractivity contribution in [1.82, 2.24) is 0 Å². The van der Waals surface area contributed by atoms with Gasteiger partial charge in [0.05, 0.1) is 17.8 Å². The highest BCUT2D eigenvalue weighted by molar-refractivity contribution is 7.99. The number of furan rings is 1. The van der Waals surface area contributed by atoms with Crippen molar-refractivity contribution in [3.05, 3.63) is 48.4 Å². The topological polar surface area (TPSA) is 68.3 Å². The Hall–Kier alpha value is -1.88. The van der Waals surface area contributed by atoms with Crippen molar-refractivity contribution in [2.75, 3.05) is 16.8 Å². The minimum absolute atomic E-state index is 0.0312. The molecule has 0 radical (unpaired) electrons. The third kappa shape index (κ3) is 3.85. The summed E-state index contributed by atoms with van der Waals surface area (Å²) in [6.45, 7) is 0. The van der Waals surface area contributed by atoms with Crippen molar-refractivity contribution < 1.29 is 9.21 Å². The van der Waals surface area contributed by atoms with Gasteiger partial charge in [0.2, 0.25) is 5.91 Å². The molecule has 2 aromatic rings. The number of hydrogen-bond donors (Lipinski definition) is 2. The fourth-order valence-electron chi connectivity index (χ4n) is 1.40. The molecule has 3 N–H and O–H groups in total. The van der Waals surface area contributed by atoms with E-state index in [4.69, 9.17) is 10.2 Å². The number of benzene rings is 1. The summed E-state index contributed by atoms with van der Waals surface area (Å²) >= 11 is 1.51. The van der Waals surface area contributed by atoms with Crippen LogP contribution in [0, 0.1) is 0 Å². The van der Waals surface area contributed by atoms with Crippen LogP contribution in [-0.4, -0.2) is 11.7 Å². The number of nitrogens with two attached hydrogens (primary N) is 1. The monoisotopic (exact) mass is 262 g/mol. The summed E-state index contributed by atoms with van der Waals surface area (Å²) in [6.07, 6.45) is 1.63. The molecule has 0 aliphatic carbocycles. The van der Waals surface area contributed by atoms with Gasteiger partial charge in [-0.15, -0.1) is 11.8 Å². The Bertz CT molecular complexity index is 494. The quantitative estimate of drug-likeness (QED) is 0.813. The molecule has 0 bridgehead atoms. The maximum Gasteiger partial charge on any atom is 0.234 e. The smallest absolute Gasteiger partial charge is 0.234 e. The third-order valence-corrected chi connectivity index (χ3v) is 3.21. The first-order valence-electron chi connectivity index (χ1n) is 5.49. The van der Waals surface area contributed by atoms with Crippen LogP contribution < -0.4 is 11.1 Å². The Morgan fingerprint density at radius 3 is 2.72 bits per heavy atom. The second-order valence-corrected chi connectivity index (χ2v) is 4.73. The van der Waals surface area contributed by atoms with Gasteiger partial charge in [-0.05, 0) is 36.4 Å². The van der Waals surface area contributed by atoms with Crippen molar-refractivity contribution in [3.63, 3.8) is 0 Å². The molecule has 0 aliphatic heterocycles. The largest absolute Gasteiger partial charge is 0.468 e. The van der Waals surface area contributed by atoms with Gasteiger partial charge in [0.25, 0.3) is 0 Å². The van der Waals surface area contributed by atoms with Gasteiger partial charge in [-0.3, -0.25) is 4.79 Å². The van der Waals surface area contributed by atoms with Gasteiger partial charge < -0.3 is 15.5 Å². The molecule has 0 atom stereocenters. The minimum atomic E-state index is -0.0312. The number of nitrogen functional groups attached to an aromatic ring is 1. The van der Waals surface area contributed by atoms with Crippen molar-refractivity contribution in [1.29, 1.82) is 0 Å². The molecule has 0 spiro atoms. The number of carbonyl (C=O) groups excluding carboxylic acids is 1. The number of rotatable bonds is 5. The maximum absolute atomic E-state index is 11.6. The highest BCUT2D eigenvalue weighted by Crippen LogP contribution is 2.14. The normalized spacial score (nSPS) is 10.2. The van der Waals surface area contributed by atoms with Crippen LogP contribution in [0.4, 0.5) is 11.4 Å². The molecule has 0 aliphatic rings. The lowest BCUT2D eigenvalue weighted by Crippen LogP contribution is -2.14. The lowest BCUT2D eigenvalue weighted by atomic mass is 10.3. The summed E-state index contributed by atoms with van der Waals surface area (Å²) in [6, 6.07) is 10.8. The van der Waals surface area contributed by atoms with Crippen LogP contribution in [0.15, 0.2) is 47.1 Å². The lowest BCUT2D eigenvalue weighted by molar-refractivity contribution is -0.113. The van der Waals surface area contributed by atoms with E-state index in [9.17, 15) is 4.79 Å². The number of anilines is 2. The maximum atomic E-state index is 11.6. The van der Waals surface area contributed by atoms with Crippen LogP contribution in [0.3, 0.4) is 0 Å². The van der Waals surface area contributed by atoms with Gasteiger partial charge in [-0.2, -0.15) is 0 Å². The highest BCUT2D eigenvalue weighted by atomic mass is 32.2. The van der Waals surface area contributed by atoms with Crippen LogP contribution >= 0.6 is 11.8 Å². The van der Waals surface area contributed by atoms with Crippen molar-refractivity contribution in [2.45, 2.75) is 5.75 Å². The number of hydrogen-bond acceptors (Lipinski definition) is 4. The molecule has 2 rings (SSSR count). The molecular formula is C13H14N2O2S. The van der Waals surface area contributed by atoms with Gasteiger partial charge in [0, 0.05) is 11.4 Å². The standard InChI is InChI=1S/C13H14N2O2S/c14-10-3-5-11(6-4-10)15-13(16)9-18-8-12-2-1-7-17-12/h1-7H,8-9,14H2,(H,15,16). The predicted octanol–water partition coefficient (Wildman–Crippen LogP) is 2.73. The van der Waals surface area contributed by atoms with Crippen molar-refractivity contribution in [2.24, 2.45) is 0 Å². The van der Waals surface area contributed by atoms with Crippen LogP contribution in [0.2, 0.25) is 0 Å². The van der Waals surface area contributed by atoms with Crippen molar-refractivity contribution in [3.8, 4) is 0 Å². The first-order chi connectivity index (χ1) is 8.74. The fraction of sp³-hybridized carbons (Fsp3) is 0.154. The van der Waals surface area contributed by atoms with Gasteiger partial charge in [-0.1, -0.05) is 0 Å². The molecule has 1 amide bonds. The molecular weight excluding hydrogens is 248 g/mol. The molecule has 1 aromatic carbocycles. The fourth-order valence-corrected chi connectivity index (χ4v) is 2.13. The first kappa shape index (κ1) is 12.6. The second-order valence-electron chi connectivity index (χ2n) is 3.74. The van der Waals surface area contributed by atoms with Gasteiger partial charge in [-0.25, -0.2) is 0 Å². The van der Waals surface area contributed by atoms with Crippen LogP contribution in [0.25, 0.3) is 0 Å². The van der Waals surface area contributed by atoms with Crippen LogP contribution in [0.1, 0.15) is 5.76 Å². The molecule has 0 fully saturated rings. The SMILES string of the molecule is Nc1ccc(NC(=O)CSCc2ccco2)cc1. The van der Waals surface area contributed by atoms with Gasteiger partial charge >= 0.3 is 0 Å². The summed E-state index contributed by atoms with van der Waals surface area (Å²) in [5, 5.41) is 2.80. The molecule has 0 saturated carbocycles. The van der Waals surface area contributed by atoms with E-state index in [1.54, 1.807) is 30.5 Å². The molecule has 1 heterocycles. The van der Waals surface area contributed by atoms with E-state index < -0.39 is 0 Å². The number of nitrogens with one attached hydrogen (secondary N) is 1. The van der Waals surface area contributed by atoms with Gasteiger partial charge in [0.15, 0.2) is 0 Å². The Balaban J connectivity index is 1.73. The summed E-state index contributed by atoms with van der Waals surface area (Å²) < 4.78 is 5.18. The minimum Gasteiger partial charge on any atom is -0.468 e. The van der Waals surface area contributed by atoms with E-state index in [2.05, 4.69) is 5.32 Å². The summed E-state index contributed by atoms with van der Waals surface area (Å²) in [4.78, 5) is 11.6. The Kier molecular flexibility index (Phi) is 4.30. The number of amides is 1. The Labute approximate surface area is 110 Å². The van der Waals surface area contributed by atoms with Gasteiger partial charge in [0.1, 0.15) is 5.76 Å². The predicted molar refractivity (Wildman–Crippen MR) is 74.4 cm³/mol. The molecule has 4 nitrogen and oxygen atoms in total. The second kappa shape index (κ2) is 6.16. The summed E-state index contributed by atoms with van der Waals surface area (Å²) in [5.41, 5.74) is 7.00. The Morgan fingerprint density at radius 1 is 1.28 bits per heavy atom. The molecule has 0 unspecified atom stereocenters. The molecule has 18 heavy (non-hydrogen) atoms. The molecule has 94 valence electrons. The van der Waals surface area contributed by atoms with E-state index in [1.807, 2.05) is 12.1 Å². The first-order valence-corrected chi connectivity index (χ1v) is 6.65. The average Bonchev–Trinajstić information content (AvgIpc) is 2.85. The number of carbonyl (C=O) groups is 1. The Morgan fingerprint density at radius 2 is 2.06 bits per heavy atom. The number of thioether (sulfide) groups is 1. The summed E-state index contributed by atoms with van der Waals surface area (Å²) in [7, 11) is 0. The highest BCUT2D eigenvalue weighted by Gasteiger charge is 2.03. The molecule has 5 heteroatoms. The molecule has 1 aromatic heterocycles. The average molecular weight is 262 g/mol. The lowest BCUT2D eigenvalue weighted by Gasteiger charge is -2.04. The van der Waals surface area contributed by atoms with E-state index in [0.29, 0.717) is 17.2 Å².